The van der Waals surface area contributed by atoms with Crippen LogP contribution in [0, 0.1) is 0 Å². The Labute approximate surface area is 272 Å². The van der Waals surface area contributed by atoms with Crippen molar-refractivity contribution in [1.82, 2.24) is 4.57 Å². The zero-order chi connectivity index (χ0) is 32.7. The van der Waals surface area contributed by atoms with Gasteiger partial charge in [-0.15, -0.1) is 0 Å². The Morgan fingerprint density at radius 3 is 2.48 bits per heavy atom. The van der Waals surface area contributed by atoms with Crippen LogP contribution in [0.15, 0.2) is 87.8 Å². The first-order valence-electron chi connectivity index (χ1n) is 14.4. The molecular formula is C34H28ClN3O7S. The van der Waals surface area contributed by atoms with Crippen LogP contribution in [0.3, 0.4) is 0 Å². The minimum Gasteiger partial charge on any atom is -0.493 e. The van der Waals surface area contributed by atoms with Gasteiger partial charge in [-0.1, -0.05) is 65.4 Å². The van der Waals surface area contributed by atoms with E-state index in [-0.39, 0.29) is 46.2 Å². The van der Waals surface area contributed by atoms with Crippen molar-refractivity contribution in [1.29, 1.82) is 0 Å². The molecule has 0 fully saturated rings. The molecule has 1 aromatic heterocycles. The number of hydrogen-bond acceptors (Lipinski definition) is 9. The number of carbonyl (C=O) groups excluding carboxylic acids is 3. The maximum absolute atomic E-state index is 14.5. The van der Waals surface area contributed by atoms with Crippen LogP contribution in [0.25, 0.3) is 5.57 Å². The molecule has 0 saturated heterocycles. The van der Waals surface area contributed by atoms with Crippen LogP contribution in [0.5, 0.6) is 11.5 Å². The second kappa shape index (κ2) is 12.4. The molecule has 3 aromatic carbocycles. The van der Waals surface area contributed by atoms with Crippen molar-refractivity contribution in [3.63, 3.8) is 0 Å². The molecule has 2 aliphatic heterocycles. The van der Waals surface area contributed by atoms with Crippen molar-refractivity contribution >= 4 is 52.0 Å². The molecular weight excluding hydrogens is 630 g/mol. The van der Waals surface area contributed by atoms with E-state index in [1.54, 1.807) is 43.0 Å². The van der Waals surface area contributed by atoms with Gasteiger partial charge in [0, 0.05) is 17.5 Å². The maximum atomic E-state index is 14.5. The summed E-state index contributed by atoms with van der Waals surface area (Å²) < 4.78 is 17.8. The summed E-state index contributed by atoms with van der Waals surface area (Å²) >= 11 is 7.52. The van der Waals surface area contributed by atoms with E-state index in [9.17, 15) is 19.2 Å². The number of para-hydroxylation sites is 1. The molecule has 0 saturated carbocycles. The minimum absolute atomic E-state index is 0.109. The normalized spacial score (nSPS) is 16.5. The van der Waals surface area contributed by atoms with Crippen molar-refractivity contribution < 1.29 is 28.6 Å². The lowest BCUT2D eigenvalue weighted by atomic mass is 9.95. The van der Waals surface area contributed by atoms with Crippen LogP contribution in [0.2, 0.25) is 5.02 Å². The highest BCUT2D eigenvalue weighted by molar-refractivity contribution is 7.07. The zero-order valence-electron chi connectivity index (χ0n) is 25.3. The van der Waals surface area contributed by atoms with Crippen molar-refractivity contribution in [3.05, 3.63) is 119 Å². The molecule has 0 spiro atoms. The van der Waals surface area contributed by atoms with Gasteiger partial charge in [-0.2, -0.15) is 0 Å². The topological polar surface area (TPSA) is 117 Å². The van der Waals surface area contributed by atoms with Crippen LogP contribution in [0.1, 0.15) is 43.5 Å². The van der Waals surface area contributed by atoms with Gasteiger partial charge >= 0.3 is 11.9 Å². The Balaban J connectivity index is 1.57. The summed E-state index contributed by atoms with van der Waals surface area (Å²) in [6, 6.07) is 18.4. The van der Waals surface area contributed by atoms with E-state index in [1.165, 1.54) is 24.7 Å². The van der Waals surface area contributed by atoms with E-state index in [0.29, 0.717) is 32.3 Å². The number of hydrogen-bond donors (Lipinski definition) is 0. The molecule has 12 heteroatoms. The lowest BCUT2D eigenvalue weighted by molar-refractivity contribution is -0.139. The number of benzene rings is 3. The lowest BCUT2D eigenvalue weighted by Gasteiger charge is -2.25. The van der Waals surface area contributed by atoms with Gasteiger partial charge in [0.25, 0.3) is 11.5 Å². The summed E-state index contributed by atoms with van der Waals surface area (Å²) in [6.45, 7) is 4.95. The molecule has 10 nitrogen and oxygen atoms in total. The van der Waals surface area contributed by atoms with Crippen molar-refractivity contribution in [2.45, 2.75) is 33.4 Å². The van der Waals surface area contributed by atoms with Gasteiger partial charge in [0.1, 0.15) is 4.53 Å². The van der Waals surface area contributed by atoms with Gasteiger partial charge in [-0.25, -0.2) is 9.79 Å². The summed E-state index contributed by atoms with van der Waals surface area (Å²) in [6.07, 6.45) is 0. The van der Waals surface area contributed by atoms with E-state index in [1.807, 2.05) is 36.4 Å². The van der Waals surface area contributed by atoms with Crippen LogP contribution in [0.4, 0.5) is 5.69 Å². The number of halogens is 1. The minimum atomic E-state index is -0.976. The molecule has 0 aliphatic carbocycles. The predicted octanol–water partition coefficient (Wildman–Crippen LogP) is 4.30. The quantitative estimate of drug-likeness (QED) is 0.215. The lowest BCUT2D eigenvalue weighted by Crippen LogP contribution is -2.41. The van der Waals surface area contributed by atoms with Crippen LogP contribution < -0.4 is 29.3 Å². The molecule has 234 valence electrons. The Bertz CT molecular complexity index is 2150. The number of allylic oxidation sites excluding steroid dienone is 1. The van der Waals surface area contributed by atoms with Gasteiger partial charge < -0.3 is 19.1 Å². The van der Waals surface area contributed by atoms with Crippen LogP contribution in [-0.4, -0.2) is 36.1 Å². The van der Waals surface area contributed by atoms with E-state index >= 15 is 0 Å². The summed E-state index contributed by atoms with van der Waals surface area (Å²) in [5.41, 5.74) is 2.77. The number of rotatable bonds is 7. The monoisotopic (exact) mass is 657 g/mol. The van der Waals surface area contributed by atoms with Gasteiger partial charge in [0.15, 0.2) is 16.3 Å². The third-order valence-electron chi connectivity index (χ3n) is 7.69. The summed E-state index contributed by atoms with van der Waals surface area (Å²) in [7, 11) is 1.42. The number of methoxy groups -OCH3 is 1. The number of nitrogens with zero attached hydrogens (tertiary/aromatic N) is 3. The SMILES string of the molecule is CCOC(=O)C1=C(C)N=c2s/c(=C3\C(=O)N(Cc4ccccc4Cl)c4ccccc43)c(=O)n2C1c1ccc(OC(C)=O)c(OC)c1. The molecule has 0 N–H and O–H groups in total. The van der Waals surface area contributed by atoms with Crippen LogP contribution >= 0.6 is 22.9 Å². The van der Waals surface area contributed by atoms with E-state index < -0.39 is 23.5 Å². The number of anilines is 1. The van der Waals surface area contributed by atoms with Crippen LogP contribution in [-0.2, 0) is 25.7 Å². The average Bonchev–Trinajstić information content (AvgIpc) is 3.49. The maximum Gasteiger partial charge on any atom is 0.338 e. The van der Waals surface area contributed by atoms with E-state index in [4.69, 9.17) is 25.8 Å². The first-order valence-corrected chi connectivity index (χ1v) is 15.6. The average molecular weight is 658 g/mol. The largest absolute Gasteiger partial charge is 0.493 e. The highest BCUT2D eigenvalue weighted by Gasteiger charge is 2.38. The third-order valence-corrected chi connectivity index (χ3v) is 9.11. The first-order chi connectivity index (χ1) is 22.1. The number of esters is 2. The van der Waals surface area contributed by atoms with Crippen molar-refractivity contribution in [3.8, 4) is 11.5 Å². The van der Waals surface area contributed by atoms with E-state index in [0.717, 1.165) is 16.9 Å². The van der Waals surface area contributed by atoms with Gasteiger partial charge in [0.2, 0.25) is 0 Å². The highest BCUT2D eigenvalue weighted by atomic mass is 35.5. The summed E-state index contributed by atoms with van der Waals surface area (Å²) in [5, 5.41) is 0.526. The second-order valence-corrected chi connectivity index (χ2v) is 11.9. The fourth-order valence-corrected chi connectivity index (χ4v) is 7.04. The molecule has 1 amide bonds. The Morgan fingerprint density at radius 2 is 1.76 bits per heavy atom. The standard InChI is InChI=1S/C34H28ClN3O7S/c1-5-44-33(42)27-18(2)36-34-38(29(27)20-14-15-25(45-19(3)39)26(16-20)43-4)32(41)30(46-34)28-22-11-7-9-13-24(22)37(31(28)40)17-21-10-6-8-12-23(21)35/h6-16,29H,5,17H2,1-4H3/b30-28-. The molecule has 1 unspecified atom stereocenters. The molecule has 0 radical (unpaired) electrons. The number of carbonyl (C=O) groups is 3. The molecule has 46 heavy (non-hydrogen) atoms. The number of thiazole rings is 1. The van der Waals surface area contributed by atoms with Gasteiger partial charge in [0.05, 0.1) is 48.8 Å². The molecule has 2 aliphatic rings. The smallest absolute Gasteiger partial charge is 0.338 e. The summed E-state index contributed by atoms with van der Waals surface area (Å²) in [5.74, 6) is -1.11. The number of amides is 1. The molecule has 3 heterocycles. The fraction of sp³-hybridized carbons (Fsp3) is 0.206. The molecule has 0 bridgehead atoms. The Kier molecular flexibility index (Phi) is 8.37. The number of fused-ring (bicyclic) bond motifs is 2. The number of ether oxygens (including phenoxy) is 3. The van der Waals surface area contributed by atoms with Crippen molar-refractivity contribution in [2.24, 2.45) is 4.99 Å². The zero-order valence-corrected chi connectivity index (χ0v) is 26.9. The van der Waals surface area contributed by atoms with Crippen molar-refractivity contribution in [2.75, 3.05) is 18.6 Å². The Hall–Kier alpha value is -5.00. The predicted molar refractivity (Wildman–Crippen MR) is 173 cm³/mol. The highest BCUT2D eigenvalue weighted by Crippen LogP contribution is 2.38. The fourth-order valence-electron chi connectivity index (χ4n) is 5.70. The van der Waals surface area contributed by atoms with Gasteiger partial charge in [-0.3, -0.25) is 19.0 Å². The third kappa shape index (κ3) is 5.31. The molecule has 6 rings (SSSR count). The Morgan fingerprint density at radius 1 is 1.02 bits per heavy atom. The second-order valence-electron chi connectivity index (χ2n) is 10.5. The van der Waals surface area contributed by atoms with E-state index in [2.05, 4.69) is 4.99 Å². The molecule has 1 atom stereocenters. The summed E-state index contributed by atoms with van der Waals surface area (Å²) in [4.78, 5) is 60.2. The van der Waals surface area contributed by atoms with Gasteiger partial charge in [-0.05, 0) is 49.2 Å². The molecule has 4 aromatic rings. The number of aromatic nitrogens is 1. The first kappa shape index (κ1) is 31.0.